The van der Waals surface area contributed by atoms with Gasteiger partial charge in [-0.1, -0.05) is 61.3 Å². The summed E-state index contributed by atoms with van der Waals surface area (Å²) in [6, 6.07) is 15.3. The summed E-state index contributed by atoms with van der Waals surface area (Å²) in [7, 11) is 0. The molecule has 1 N–H and O–H groups in total. The second-order valence-corrected chi connectivity index (χ2v) is 9.01. The van der Waals surface area contributed by atoms with E-state index in [1.165, 1.54) is 6.42 Å². The maximum atomic E-state index is 10.6. The van der Waals surface area contributed by atoms with Crippen molar-refractivity contribution in [3.63, 3.8) is 0 Å². The lowest BCUT2D eigenvalue weighted by Crippen LogP contribution is -3.00. The average molecular weight is 458 g/mol. The van der Waals surface area contributed by atoms with Crippen molar-refractivity contribution in [2.75, 3.05) is 26.2 Å². The maximum Gasteiger partial charge on any atom is 0.108 e. The minimum Gasteiger partial charge on any atom is -1.00 e. The van der Waals surface area contributed by atoms with E-state index in [2.05, 4.69) is 18.7 Å². The molecule has 0 spiro atoms. The Morgan fingerprint density at radius 1 is 0.931 bits per heavy atom. The molecule has 29 heavy (non-hydrogen) atoms. The molecule has 0 amide bonds. The topological polar surface area (TPSA) is 32.7 Å². The van der Waals surface area contributed by atoms with Crippen molar-refractivity contribution in [3.05, 3.63) is 69.7 Å². The monoisotopic (exact) mass is 456 g/mol. The molecule has 0 aliphatic carbocycles. The van der Waals surface area contributed by atoms with Gasteiger partial charge in [0.05, 0.1) is 12.7 Å². The summed E-state index contributed by atoms with van der Waals surface area (Å²) >= 11 is 12.1. The number of likely N-dealkylation sites (tertiary alicyclic amines) is 1. The number of hydrogen-bond acceptors (Lipinski definition) is 3. The Morgan fingerprint density at radius 3 is 1.83 bits per heavy atom. The second kappa shape index (κ2) is 11.5. The van der Waals surface area contributed by atoms with Crippen LogP contribution in [0.1, 0.15) is 37.5 Å². The molecule has 1 heterocycles. The van der Waals surface area contributed by atoms with Crippen molar-refractivity contribution in [2.24, 2.45) is 11.8 Å². The molecule has 0 aromatic heterocycles. The quantitative estimate of drug-likeness (QED) is 0.693. The van der Waals surface area contributed by atoms with Crippen molar-refractivity contribution >= 4 is 23.2 Å². The summed E-state index contributed by atoms with van der Waals surface area (Å²) in [5.74, 6) is 1.35. The van der Waals surface area contributed by atoms with Crippen LogP contribution in [0.3, 0.4) is 0 Å². The van der Waals surface area contributed by atoms with E-state index in [1.54, 1.807) is 0 Å². The molecule has 3 rings (SSSR count). The average Bonchev–Trinajstić information content (AvgIpc) is 2.64. The molecule has 1 aliphatic heterocycles. The van der Waals surface area contributed by atoms with Crippen LogP contribution in [-0.2, 0) is 4.74 Å². The highest BCUT2D eigenvalue weighted by atomic mass is 35.5. The number of nitrogens with zero attached hydrogens (tertiary/aromatic N) is 1. The lowest BCUT2D eigenvalue weighted by molar-refractivity contribution is -0.0163. The molecule has 1 fully saturated rings. The minimum absolute atomic E-state index is 0. The van der Waals surface area contributed by atoms with Crippen LogP contribution in [0, 0.1) is 11.8 Å². The van der Waals surface area contributed by atoms with Crippen LogP contribution in [-0.4, -0.2) is 42.4 Å². The van der Waals surface area contributed by atoms with Gasteiger partial charge in [0.25, 0.3) is 0 Å². The molecule has 0 bridgehead atoms. The highest BCUT2D eigenvalue weighted by Gasteiger charge is 2.24. The van der Waals surface area contributed by atoms with Crippen molar-refractivity contribution in [1.82, 2.24) is 4.90 Å². The van der Waals surface area contributed by atoms with E-state index in [1.807, 2.05) is 48.5 Å². The number of hydrogen-bond donors (Lipinski definition) is 1. The molecule has 1 saturated heterocycles. The first-order valence-electron chi connectivity index (χ1n) is 9.93. The minimum atomic E-state index is -0.528. The van der Waals surface area contributed by atoms with Crippen molar-refractivity contribution in [3.8, 4) is 0 Å². The summed E-state index contributed by atoms with van der Waals surface area (Å²) in [4.78, 5) is 2.35. The van der Waals surface area contributed by atoms with Crippen LogP contribution in [0.2, 0.25) is 10.0 Å². The maximum absolute atomic E-state index is 10.6. The summed E-state index contributed by atoms with van der Waals surface area (Å²) < 4.78 is 6.19. The van der Waals surface area contributed by atoms with Gasteiger partial charge >= 0.3 is 0 Å². The molecule has 0 saturated carbocycles. The molecule has 2 aromatic carbocycles. The van der Waals surface area contributed by atoms with Crippen LogP contribution in [0.25, 0.3) is 0 Å². The van der Waals surface area contributed by atoms with Crippen molar-refractivity contribution < 1.29 is 22.3 Å². The third-order valence-corrected chi connectivity index (χ3v) is 5.72. The molecule has 6 heteroatoms. The van der Waals surface area contributed by atoms with Crippen LogP contribution in [0.15, 0.2) is 48.5 Å². The predicted molar refractivity (Wildman–Crippen MR) is 116 cm³/mol. The first-order valence-corrected chi connectivity index (χ1v) is 10.7. The fourth-order valence-corrected chi connectivity index (χ4v) is 4.41. The number of ether oxygens (including phenoxy) is 1. The third-order valence-electron chi connectivity index (χ3n) is 5.21. The summed E-state index contributed by atoms with van der Waals surface area (Å²) in [5.41, 5.74) is 2.00. The molecule has 2 aromatic rings. The Hall–Kier alpha value is -0.810. The highest BCUT2D eigenvalue weighted by molar-refractivity contribution is 6.30. The number of β-amino-alcohol motifs (C(OH)–C–C–N with tert-alkyl or cyclic N) is 1. The molecule has 160 valence electrons. The fraction of sp³-hybridized carbons (Fsp3) is 0.478. The van der Waals surface area contributed by atoms with Crippen LogP contribution in [0.5, 0.6) is 0 Å². The van der Waals surface area contributed by atoms with Gasteiger partial charge in [0.15, 0.2) is 0 Å². The number of benzene rings is 2. The van der Waals surface area contributed by atoms with E-state index in [4.69, 9.17) is 27.9 Å². The Kier molecular flexibility index (Phi) is 9.74. The molecule has 3 atom stereocenters. The van der Waals surface area contributed by atoms with Gasteiger partial charge < -0.3 is 27.2 Å². The molecule has 0 radical (unpaired) electrons. The van der Waals surface area contributed by atoms with Crippen LogP contribution < -0.4 is 12.4 Å². The number of rotatable bonds is 7. The fourth-order valence-electron chi connectivity index (χ4n) is 4.16. The third kappa shape index (κ3) is 7.43. The SMILES string of the molecule is CC1CC(C)CN(CC(O)COC(c2ccc(Cl)cc2)c2ccc(Cl)cc2)C1.[Cl-]. The van der Waals surface area contributed by atoms with E-state index < -0.39 is 6.10 Å². The normalized spacial score (nSPS) is 21.0. The van der Waals surface area contributed by atoms with Crippen LogP contribution >= 0.6 is 23.2 Å². The number of piperidine rings is 1. The molecule has 3 unspecified atom stereocenters. The largest absolute Gasteiger partial charge is 1.00 e. The number of aliphatic hydroxyl groups excluding tert-OH is 1. The van der Waals surface area contributed by atoms with Gasteiger partial charge in [-0.2, -0.15) is 0 Å². The number of halogens is 3. The van der Waals surface area contributed by atoms with Crippen molar-refractivity contribution in [2.45, 2.75) is 32.5 Å². The van der Waals surface area contributed by atoms with Gasteiger partial charge in [-0.15, -0.1) is 0 Å². The molecule has 1 aliphatic rings. The van der Waals surface area contributed by atoms with E-state index in [9.17, 15) is 5.11 Å². The van der Waals surface area contributed by atoms with Crippen molar-refractivity contribution in [1.29, 1.82) is 0 Å². The Morgan fingerprint density at radius 2 is 1.38 bits per heavy atom. The van der Waals surface area contributed by atoms with E-state index >= 15 is 0 Å². The van der Waals surface area contributed by atoms with E-state index in [-0.39, 0.29) is 25.1 Å². The smallest absolute Gasteiger partial charge is 0.108 e. The van der Waals surface area contributed by atoms with Gasteiger partial charge in [-0.3, -0.25) is 0 Å². The number of aliphatic hydroxyl groups is 1. The first kappa shape index (κ1) is 24.5. The first-order chi connectivity index (χ1) is 13.4. The standard InChI is InChI=1S/C23H29Cl2NO2.ClH/c1-16-11-17(2)13-26(12-16)14-22(27)15-28-23(18-3-7-20(24)8-4-18)19-5-9-21(25)10-6-19;/h3-10,16-17,22-23,27H,11-15H2,1-2H3;1H/p-1. The molecular weight excluding hydrogens is 429 g/mol. The zero-order chi connectivity index (χ0) is 20.1. The second-order valence-electron chi connectivity index (χ2n) is 8.13. The Labute approximate surface area is 190 Å². The lowest BCUT2D eigenvalue weighted by Gasteiger charge is -2.36. The van der Waals surface area contributed by atoms with Gasteiger partial charge in [0.1, 0.15) is 6.10 Å². The Balaban J connectivity index is 0.00000300. The highest BCUT2D eigenvalue weighted by Crippen LogP contribution is 2.28. The van der Waals surface area contributed by atoms with E-state index in [0.29, 0.717) is 28.4 Å². The lowest BCUT2D eigenvalue weighted by atomic mass is 9.92. The van der Waals surface area contributed by atoms with Gasteiger partial charge in [0.2, 0.25) is 0 Å². The predicted octanol–water partition coefficient (Wildman–Crippen LogP) is 2.44. The van der Waals surface area contributed by atoms with Gasteiger partial charge in [-0.05, 0) is 53.6 Å². The summed E-state index contributed by atoms with van der Waals surface area (Å²) in [6.07, 6.45) is 0.459. The molecular formula is C23H29Cl3NO2-. The van der Waals surface area contributed by atoms with Gasteiger partial charge in [0, 0.05) is 29.7 Å². The zero-order valence-electron chi connectivity index (χ0n) is 16.9. The summed E-state index contributed by atoms with van der Waals surface area (Å²) in [6.45, 7) is 7.56. The van der Waals surface area contributed by atoms with E-state index in [0.717, 1.165) is 24.2 Å². The Bertz CT molecular complexity index is 683. The van der Waals surface area contributed by atoms with Crippen LogP contribution in [0.4, 0.5) is 0 Å². The summed E-state index contributed by atoms with van der Waals surface area (Å²) in [5, 5.41) is 12.0. The van der Waals surface area contributed by atoms with Gasteiger partial charge in [-0.25, -0.2) is 0 Å². The zero-order valence-corrected chi connectivity index (χ0v) is 19.2. The molecule has 3 nitrogen and oxygen atoms in total.